The summed E-state index contributed by atoms with van der Waals surface area (Å²) in [5.41, 5.74) is 5.33. The number of rotatable bonds is 24. The van der Waals surface area contributed by atoms with Crippen molar-refractivity contribution in [2.24, 2.45) is 19.5 Å². The van der Waals surface area contributed by atoms with Gasteiger partial charge in [-0.3, -0.25) is 33.0 Å². The maximum absolute atomic E-state index is 14.3. The molecule has 1 aliphatic heterocycles. The Morgan fingerprint density at radius 2 is 1.45 bits per heavy atom. The summed E-state index contributed by atoms with van der Waals surface area (Å²) in [4.78, 5) is 77.1. The molecule has 0 saturated carbocycles. The molecule has 3 atom stereocenters. The van der Waals surface area contributed by atoms with Gasteiger partial charge in [0.15, 0.2) is 5.75 Å². The number of aryl methyl sites for hydroxylation is 3. The van der Waals surface area contributed by atoms with Gasteiger partial charge >= 0.3 is 5.69 Å². The largest absolute Gasteiger partial charge is 0.493 e. The summed E-state index contributed by atoms with van der Waals surface area (Å²) < 4.78 is 52.5. The van der Waals surface area contributed by atoms with Gasteiger partial charge in [0.2, 0.25) is 11.8 Å². The van der Waals surface area contributed by atoms with Gasteiger partial charge < -0.3 is 45.1 Å². The highest BCUT2D eigenvalue weighted by Crippen LogP contribution is 2.38. The van der Waals surface area contributed by atoms with Crippen molar-refractivity contribution in [3.05, 3.63) is 147 Å². The van der Waals surface area contributed by atoms with E-state index in [0.717, 1.165) is 47.5 Å². The summed E-state index contributed by atoms with van der Waals surface area (Å²) in [5, 5.41) is 19.3. The van der Waals surface area contributed by atoms with Gasteiger partial charge in [0.25, 0.3) is 21.8 Å². The van der Waals surface area contributed by atoms with Crippen LogP contribution in [0.3, 0.4) is 0 Å². The lowest BCUT2D eigenvalue weighted by Crippen LogP contribution is -2.57. The summed E-state index contributed by atoms with van der Waals surface area (Å²) in [6.45, 7) is 11.3. The van der Waals surface area contributed by atoms with Crippen LogP contribution in [0.5, 0.6) is 23.0 Å². The van der Waals surface area contributed by atoms with Crippen LogP contribution in [-0.2, 0) is 46.8 Å². The fraction of sp³-hybridized carbons (Fsp3) is 0.377. The normalized spacial score (nSPS) is 14.8. The number of β-amino-alcohol motifs (C(OH)–C–C–N with tert-alkyl or cyclic N) is 1. The Kier molecular flexibility index (Phi) is 19.5. The van der Waals surface area contributed by atoms with E-state index in [1.807, 2.05) is 52.2 Å². The van der Waals surface area contributed by atoms with E-state index in [9.17, 15) is 37.5 Å². The molecule has 5 aromatic carbocycles. The van der Waals surface area contributed by atoms with E-state index in [4.69, 9.17) is 14.2 Å². The Hall–Kier alpha value is -8.05. The molecule has 20 nitrogen and oxygen atoms in total. The number of aliphatic hydroxyl groups is 1. The van der Waals surface area contributed by atoms with Crippen LogP contribution in [0.4, 0.5) is 5.69 Å². The number of aromatic nitrogens is 3. The number of imidazole rings is 1. The van der Waals surface area contributed by atoms with Crippen molar-refractivity contribution in [1.82, 2.24) is 39.9 Å². The molecule has 3 heterocycles. The number of unbranched alkanes of at least 4 members (excludes halogenated alkanes) is 1. The fourth-order valence-electron chi connectivity index (χ4n) is 9.59. The van der Waals surface area contributed by atoms with Gasteiger partial charge in [-0.2, -0.15) is 0 Å². The molecule has 4 amide bonds. The van der Waals surface area contributed by atoms with Crippen molar-refractivity contribution in [3.8, 4) is 33.4 Å². The molecule has 0 spiro atoms. The minimum Gasteiger partial charge on any atom is -0.493 e. The molecule has 83 heavy (non-hydrogen) atoms. The van der Waals surface area contributed by atoms with Gasteiger partial charge in [-0.05, 0) is 105 Å². The van der Waals surface area contributed by atoms with Gasteiger partial charge in [0.1, 0.15) is 29.3 Å². The van der Waals surface area contributed by atoms with Crippen LogP contribution < -0.4 is 40.6 Å². The maximum atomic E-state index is 14.3. The molecule has 0 unspecified atom stereocenters. The first kappa shape index (κ1) is 61.0. The van der Waals surface area contributed by atoms with Crippen molar-refractivity contribution < 1.29 is 46.9 Å². The number of likely N-dealkylation sites (tertiary alicyclic amines) is 1. The summed E-state index contributed by atoms with van der Waals surface area (Å²) in [7, 11) is 2.81. The second kappa shape index (κ2) is 26.5. The number of sulfonamides is 1. The van der Waals surface area contributed by atoms with E-state index in [-0.39, 0.29) is 59.2 Å². The third-order valence-electron chi connectivity index (χ3n) is 14.2. The quantitative estimate of drug-likeness (QED) is 0.0364. The molecule has 1 saturated heterocycles. The summed E-state index contributed by atoms with van der Waals surface area (Å²) in [5.74, 6) is -0.656. The molecule has 0 aliphatic carbocycles. The SMILES string of the molecule is CCCOc1cc(OCCCCN(C)C)cc(Oc2cc3c(cc2NS(=O)(=O)c2cccc(C(=O)NCc4ccc(C(=O)N[C@H](C(=O)N5C[C@H](O)C[C@H]5C(=O)NCc5ccc(-c6scnc6C)cc5)C(C)(C)C)cc4)c2)n(C)c(=O)n3C)c1. The van der Waals surface area contributed by atoms with Crippen LogP contribution in [0.1, 0.15) is 90.9 Å². The topological polar surface area (TPSA) is 245 Å². The molecule has 22 heteroatoms. The molecule has 0 bridgehead atoms. The number of benzene rings is 5. The zero-order chi connectivity index (χ0) is 59.8. The van der Waals surface area contributed by atoms with Gasteiger partial charge in [0.05, 0.1) is 57.0 Å². The summed E-state index contributed by atoms with van der Waals surface area (Å²) in [6, 6.07) is 25.9. The highest BCUT2D eigenvalue weighted by Gasteiger charge is 2.44. The van der Waals surface area contributed by atoms with E-state index in [0.29, 0.717) is 47.1 Å². The minimum atomic E-state index is -4.41. The number of ether oxygens (including phenoxy) is 3. The van der Waals surface area contributed by atoms with E-state index < -0.39 is 57.3 Å². The molecule has 5 N–H and O–H groups in total. The molecule has 7 aromatic rings. The lowest BCUT2D eigenvalue weighted by atomic mass is 9.85. The van der Waals surface area contributed by atoms with Crippen molar-refractivity contribution in [1.29, 1.82) is 0 Å². The Morgan fingerprint density at radius 1 is 0.807 bits per heavy atom. The average molecular weight is 1170 g/mol. The first-order valence-electron chi connectivity index (χ1n) is 27.5. The van der Waals surface area contributed by atoms with Gasteiger partial charge in [0, 0.05) is 75.5 Å². The molecule has 8 rings (SSSR count). The standard InChI is InChI=1S/C61H73N9O11S2/c1-10-25-79-45-29-46(80-26-12-11-24-67(6)7)31-47(30-45)81-53-33-51-50(68(8)60(76)69(51)9)32-49(53)66-83(77,78)48-15-13-14-43(27-48)56(72)62-34-40-18-22-42(23-19-40)57(73)65-55(61(3,4)5)59(75)70-36-44(71)28-52(70)58(74)63-35-39-16-20-41(21-17-39)54-38(2)64-37-82-54/h13-23,27,29-33,37,44,52,55,66,71H,10-12,24-26,28,34-36H2,1-9H3,(H,62,72)(H,63,74)(H,65,73)/t44-,52+,55-/m1/s1. The van der Waals surface area contributed by atoms with Crippen LogP contribution in [0.15, 0.2) is 118 Å². The molecule has 440 valence electrons. The number of nitrogens with one attached hydrogen (secondary N) is 4. The number of carbonyl (C=O) groups is 4. The number of hydrogen-bond acceptors (Lipinski definition) is 14. The van der Waals surface area contributed by atoms with E-state index in [2.05, 4.69) is 30.6 Å². The number of anilines is 1. The molecule has 2 aromatic heterocycles. The van der Waals surface area contributed by atoms with E-state index in [1.165, 1.54) is 44.4 Å². The third-order valence-corrected chi connectivity index (χ3v) is 16.5. The monoisotopic (exact) mass is 1170 g/mol. The predicted octanol–water partition coefficient (Wildman–Crippen LogP) is 7.76. The van der Waals surface area contributed by atoms with Crippen molar-refractivity contribution in [2.75, 3.05) is 45.1 Å². The van der Waals surface area contributed by atoms with Crippen molar-refractivity contribution in [2.45, 2.75) is 96.5 Å². The number of aliphatic hydroxyl groups excluding tert-OH is 1. The third kappa shape index (κ3) is 15.2. The average Bonchev–Trinajstić information content (AvgIpc) is 3.32. The lowest BCUT2D eigenvalue weighted by Gasteiger charge is -2.35. The Bertz CT molecular complexity index is 3650. The Morgan fingerprint density at radius 3 is 2.08 bits per heavy atom. The first-order chi connectivity index (χ1) is 39.5. The van der Waals surface area contributed by atoms with Crippen molar-refractivity contribution in [3.63, 3.8) is 0 Å². The van der Waals surface area contributed by atoms with Crippen LogP contribution >= 0.6 is 11.3 Å². The fourth-order valence-corrected chi connectivity index (χ4v) is 11.5. The zero-order valence-corrected chi connectivity index (χ0v) is 49.9. The second-order valence-corrected chi connectivity index (χ2v) is 24.6. The zero-order valence-electron chi connectivity index (χ0n) is 48.3. The number of amides is 4. The number of fused-ring (bicyclic) bond motifs is 1. The van der Waals surface area contributed by atoms with Crippen LogP contribution in [0, 0.1) is 12.3 Å². The number of thiazole rings is 1. The van der Waals surface area contributed by atoms with Crippen LogP contribution in [-0.4, -0.2) is 120 Å². The summed E-state index contributed by atoms with van der Waals surface area (Å²) >= 11 is 1.55. The second-order valence-electron chi connectivity index (χ2n) is 22.1. The predicted molar refractivity (Wildman–Crippen MR) is 320 cm³/mol. The molecule has 0 radical (unpaired) electrons. The molecule has 1 fully saturated rings. The highest BCUT2D eigenvalue weighted by molar-refractivity contribution is 7.92. The molecule has 1 aliphatic rings. The van der Waals surface area contributed by atoms with Crippen molar-refractivity contribution >= 4 is 61.7 Å². The molecular weight excluding hydrogens is 1100 g/mol. The number of hydrogen-bond donors (Lipinski definition) is 5. The van der Waals surface area contributed by atoms with Gasteiger partial charge in [-0.25, -0.2) is 18.2 Å². The van der Waals surface area contributed by atoms with E-state index >= 15 is 0 Å². The first-order valence-corrected chi connectivity index (χ1v) is 29.8. The Balaban J connectivity index is 0.907. The van der Waals surface area contributed by atoms with E-state index in [1.54, 1.807) is 100 Å². The minimum absolute atomic E-state index is 0.0159. The number of carbonyl (C=O) groups excluding carboxylic acids is 4. The summed E-state index contributed by atoms with van der Waals surface area (Å²) in [6.07, 6.45) is 1.62. The maximum Gasteiger partial charge on any atom is 0.328 e. The van der Waals surface area contributed by atoms with Crippen LogP contribution in [0.25, 0.3) is 21.5 Å². The van der Waals surface area contributed by atoms with Gasteiger partial charge in [-0.1, -0.05) is 70.2 Å². The smallest absolute Gasteiger partial charge is 0.328 e. The number of nitrogens with zero attached hydrogens (tertiary/aromatic N) is 5. The Labute approximate surface area is 487 Å². The van der Waals surface area contributed by atoms with Gasteiger partial charge in [-0.15, -0.1) is 11.3 Å². The lowest BCUT2D eigenvalue weighted by molar-refractivity contribution is -0.142. The molecular formula is C61H73N9O11S2. The highest BCUT2D eigenvalue weighted by atomic mass is 32.2. The van der Waals surface area contributed by atoms with Crippen LogP contribution in [0.2, 0.25) is 0 Å².